The molecule has 2 heterocycles. The number of nitrogens with two attached hydrogens (primary N) is 2. The molecule has 0 fully saturated rings. The van der Waals surface area contributed by atoms with Crippen LogP contribution in [-0.2, 0) is 5.54 Å². The molecule has 32 heavy (non-hydrogen) atoms. The number of imidazole rings is 1. The molecule has 1 amide bonds. The summed E-state index contributed by atoms with van der Waals surface area (Å²) in [6.45, 7) is 6.16. The van der Waals surface area contributed by atoms with Gasteiger partial charge in [0.2, 0.25) is 5.95 Å². The van der Waals surface area contributed by atoms with Crippen LogP contribution >= 0.6 is 0 Å². The molecule has 0 spiro atoms. The van der Waals surface area contributed by atoms with Crippen LogP contribution in [0.1, 0.15) is 36.7 Å². The van der Waals surface area contributed by atoms with Gasteiger partial charge in [-0.3, -0.25) is 10.2 Å². The van der Waals surface area contributed by atoms with E-state index in [0.29, 0.717) is 22.5 Å². The highest BCUT2D eigenvalue weighted by Gasteiger charge is 2.26. The Balaban J connectivity index is 2.01. The maximum atomic E-state index is 12.5. The van der Waals surface area contributed by atoms with Crippen molar-refractivity contribution >= 4 is 22.9 Å². The highest BCUT2D eigenvalue weighted by molar-refractivity contribution is 6.01. The topological polar surface area (TPSA) is 149 Å². The summed E-state index contributed by atoms with van der Waals surface area (Å²) < 4.78 is 2.05. The van der Waals surface area contributed by atoms with E-state index >= 15 is 0 Å². The van der Waals surface area contributed by atoms with E-state index in [4.69, 9.17) is 16.6 Å². The number of hydrazine groups is 1. The molecule has 0 atom stereocenters. The van der Waals surface area contributed by atoms with Crippen molar-refractivity contribution in [3.05, 3.63) is 59.9 Å². The molecule has 0 saturated heterocycles. The minimum absolute atomic E-state index is 0.206. The molecule has 0 saturated carbocycles. The number of amides is 1. The number of anilines is 1. The second-order valence-corrected chi connectivity index (χ2v) is 8.32. The number of hydrogen-bond acceptors (Lipinski definition) is 7. The summed E-state index contributed by atoms with van der Waals surface area (Å²) in [6, 6.07) is 12.8. The monoisotopic (exact) mass is 426 g/mol. The van der Waals surface area contributed by atoms with Crippen molar-refractivity contribution in [1.82, 2.24) is 24.9 Å². The van der Waals surface area contributed by atoms with Gasteiger partial charge in [0, 0.05) is 29.1 Å². The number of carbonyl (C=O) groups is 1. The molecule has 0 aliphatic carbocycles. The molecule has 0 aliphatic rings. The molecule has 4 rings (SSSR count). The molecular formula is C23H22N8O. The van der Waals surface area contributed by atoms with Gasteiger partial charge >= 0.3 is 0 Å². The lowest BCUT2D eigenvalue weighted by Crippen LogP contribution is -2.31. The van der Waals surface area contributed by atoms with Crippen LogP contribution in [0.5, 0.6) is 0 Å². The van der Waals surface area contributed by atoms with Crippen LogP contribution in [0.15, 0.2) is 48.8 Å². The number of nitriles is 1. The summed E-state index contributed by atoms with van der Waals surface area (Å²) in [5.74, 6) is 5.71. The van der Waals surface area contributed by atoms with Crippen molar-refractivity contribution in [3.8, 4) is 28.6 Å². The van der Waals surface area contributed by atoms with E-state index in [1.807, 2.05) is 18.2 Å². The van der Waals surface area contributed by atoms with Crippen LogP contribution in [0.2, 0.25) is 0 Å². The number of hydrogen-bond donors (Lipinski definition) is 3. The third-order valence-electron chi connectivity index (χ3n) is 5.10. The van der Waals surface area contributed by atoms with E-state index in [2.05, 4.69) is 46.8 Å². The lowest BCUT2D eigenvalue weighted by atomic mass is 10.0. The Morgan fingerprint density at radius 3 is 2.44 bits per heavy atom. The number of carbonyl (C=O) groups excluding carboxylic acids is 1. The average Bonchev–Trinajstić information content (AvgIpc) is 3.17. The third-order valence-corrected chi connectivity index (χ3v) is 5.10. The van der Waals surface area contributed by atoms with Gasteiger partial charge in [0.05, 0.1) is 28.2 Å². The van der Waals surface area contributed by atoms with Crippen LogP contribution in [0.25, 0.3) is 33.5 Å². The maximum absolute atomic E-state index is 12.5. The summed E-state index contributed by atoms with van der Waals surface area (Å²) in [7, 11) is 0. The number of nitrogen functional groups attached to an aromatic ring is 2. The van der Waals surface area contributed by atoms with Gasteiger partial charge in [-0.1, -0.05) is 6.07 Å². The van der Waals surface area contributed by atoms with E-state index in [1.54, 1.807) is 30.6 Å². The molecule has 0 unspecified atom stereocenters. The van der Waals surface area contributed by atoms with Crippen LogP contribution in [-0.4, -0.2) is 25.4 Å². The number of benzene rings is 2. The first-order valence-corrected chi connectivity index (χ1v) is 9.89. The van der Waals surface area contributed by atoms with Crippen LogP contribution in [0.3, 0.4) is 0 Å². The fraction of sp³-hybridized carbons (Fsp3) is 0.174. The van der Waals surface area contributed by atoms with E-state index in [-0.39, 0.29) is 11.5 Å². The molecule has 9 nitrogen and oxygen atoms in total. The van der Waals surface area contributed by atoms with Gasteiger partial charge in [0.15, 0.2) is 0 Å². The van der Waals surface area contributed by atoms with Crippen molar-refractivity contribution in [2.75, 3.05) is 5.73 Å². The quantitative estimate of drug-likeness (QED) is 0.259. The molecule has 2 aromatic heterocycles. The van der Waals surface area contributed by atoms with E-state index < -0.39 is 5.91 Å². The zero-order chi connectivity index (χ0) is 23.0. The summed E-state index contributed by atoms with van der Waals surface area (Å²) >= 11 is 0. The Labute approximate surface area is 184 Å². The van der Waals surface area contributed by atoms with Gasteiger partial charge in [-0.2, -0.15) is 5.26 Å². The maximum Gasteiger partial charge on any atom is 0.265 e. The minimum atomic E-state index is -0.461. The first-order valence-electron chi connectivity index (χ1n) is 9.89. The Morgan fingerprint density at radius 2 is 1.81 bits per heavy atom. The Bertz CT molecular complexity index is 1370. The van der Waals surface area contributed by atoms with Gasteiger partial charge in [-0.05, 0) is 56.7 Å². The van der Waals surface area contributed by atoms with E-state index in [0.717, 1.165) is 22.2 Å². The lowest BCUT2D eigenvalue weighted by molar-refractivity contribution is 0.0954. The highest BCUT2D eigenvalue weighted by Crippen LogP contribution is 2.35. The molecule has 0 aliphatic heterocycles. The predicted molar refractivity (Wildman–Crippen MR) is 122 cm³/mol. The number of aromatic nitrogens is 4. The Morgan fingerprint density at radius 1 is 1.09 bits per heavy atom. The normalized spacial score (nSPS) is 11.3. The average molecular weight is 426 g/mol. The van der Waals surface area contributed by atoms with Gasteiger partial charge in [0.1, 0.15) is 5.82 Å². The van der Waals surface area contributed by atoms with E-state index in [1.165, 1.54) is 0 Å². The molecule has 0 radical (unpaired) electrons. The predicted octanol–water partition coefficient (Wildman–Crippen LogP) is 2.97. The van der Waals surface area contributed by atoms with Crippen molar-refractivity contribution < 1.29 is 4.79 Å². The fourth-order valence-electron chi connectivity index (χ4n) is 3.68. The molecule has 0 bridgehead atoms. The van der Waals surface area contributed by atoms with E-state index in [9.17, 15) is 10.1 Å². The van der Waals surface area contributed by atoms with Crippen LogP contribution < -0.4 is 17.0 Å². The Hall–Kier alpha value is -4.29. The second kappa shape index (κ2) is 7.76. The Kier molecular flexibility index (Phi) is 5.08. The van der Waals surface area contributed by atoms with Crippen LogP contribution in [0.4, 0.5) is 5.95 Å². The van der Waals surface area contributed by atoms with Crippen molar-refractivity contribution in [2.24, 2.45) is 5.84 Å². The summed E-state index contributed by atoms with van der Waals surface area (Å²) in [5, 5.41) is 9.42. The van der Waals surface area contributed by atoms with Gasteiger partial charge in [-0.15, -0.1) is 0 Å². The number of nitrogens with zero attached hydrogens (tertiary/aromatic N) is 5. The molecule has 9 heteroatoms. The van der Waals surface area contributed by atoms with Crippen LogP contribution in [0, 0.1) is 11.3 Å². The highest BCUT2D eigenvalue weighted by atomic mass is 16.2. The zero-order valence-corrected chi connectivity index (χ0v) is 17.9. The third kappa shape index (κ3) is 3.64. The largest absolute Gasteiger partial charge is 0.368 e. The summed E-state index contributed by atoms with van der Waals surface area (Å²) in [6.07, 6.45) is 3.32. The lowest BCUT2D eigenvalue weighted by Gasteiger charge is -2.25. The van der Waals surface area contributed by atoms with Gasteiger partial charge in [-0.25, -0.2) is 20.8 Å². The molecular weight excluding hydrogens is 404 g/mol. The molecule has 2 aromatic carbocycles. The van der Waals surface area contributed by atoms with Gasteiger partial charge in [0.25, 0.3) is 5.91 Å². The first kappa shape index (κ1) is 21.0. The standard InChI is InChI=1S/C23H22N8O/c1-23(2,3)31-19-7-5-14(15-11-27-22(25)28-12-15)9-18(19)29-20(31)17-8-13(10-24)4-6-16(17)21(32)30-26/h4-9,11-12H,26H2,1-3H3,(H,30,32)(H2,25,27,28). The smallest absolute Gasteiger partial charge is 0.265 e. The zero-order valence-electron chi connectivity index (χ0n) is 17.9. The summed E-state index contributed by atoms with van der Waals surface area (Å²) in [4.78, 5) is 25.5. The minimum Gasteiger partial charge on any atom is -0.368 e. The van der Waals surface area contributed by atoms with Crippen molar-refractivity contribution in [2.45, 2.75) is 26.3 Å². The van der Waals surface area contributed by atoms with Gasteiger partial charge < -0.3 is 10.3 Å². The SMILES string of the molecule is CC(C)(C)n1c(-c2cc(C#N)ccc2C(=O)NN)nc2cc(-c3cnc(N)nc3)ccc21. The summed E-state index contributed by atoms with van der Waals surface area (Å²) in [5.41, 5.74) is 12.0. The molecule has 160 valence electrons. The number of fused-ring (bicyclic) bond motifs is 1. The van der Waals surface area contributed by atoms with Crippen molar-refractivity contribution in [3.63, 3.8) is 0 Å². The molecule has 4 aromatic rings. The first-order chi connectivity index (χ1) is 15.2. The number of nitrogens with one attached hydrogen (secondary N) is 1. The molecule has 5 N–H and O–H groups in total. The number of rotatable bonds is 3. The van der Waals surface area contributed by atoms with Crippen molar-refractivity contribution in [1.29, 1.82) is 5.26 Å². The second-order valence-electron chi connectivity index (χ2n) is 8.32. The fourth-order valence-corrected chi connectivity index (χ4v) is 3.68.